The molecule has 0 radical (unpaired) electrons. The molecule has 1 saturated heterocycles. The smallest absolute Gasteiger partial charge is 0.267 e. The zero-order valence-electron chi connectivity index (χ0n) is 14.9. The van der Waals surface area contributed by atoms with Crippen LogP contribution in [0.1, 0.15) is 36.0 Å². The number of fused-ring (bicyclic) bond motifs is 1. The van der Waals surface area contributed by atoms with Crippen molar-refractivity contribution in [3.05, 3.63) is 51.3 Å². The molecule has 8 heteroatoms. The van der Waals surface area contributed by atoms with Gasteiger partial charge >= 0.3 is 0 Å². The Morgan fingerprint density at radius 3 is 2.81 bits per heavy atom. The second-order valence-electron chi connectivity index (χ2n) is 6.75. The van der Waals surface area contributed by atoms with E-state index >= 15 is 0 Å². The fraction of sp³-hybridized carbons (Fsp3) is 0.444. The molecular weight excluding hydrogens is 350 g/mol. The quantitative estimate of drug-likeness (QED) is 0.706. The van der Waals surface area contributed by atoms with Gasteiger partial charge in [0.05, 0.1) is 11.4 Å². The van der Waals surface area contributed by atoms with Gasteiger partial charge in [-0.2, -0.15) is 5.10 Å². The SMILES string of the molecule is Cc1ccc(=O)n(CC(=O)N2CCC(c3nc(C)n4ccsc34)CC2)n1. The maximum absolute atomic E-state index is 12.6. The van der Waals surface area contributed by atoms with Crippen LogP contribution in [0.3, 0.4) is 0 Å². The first-order chi connectivity index (χ1) is 12.5. The summed E-state index contributed by atoms with van der Waals surface area (Å²) in [6, 6.07) is 3.11. The highest BCUT2D eigenvalue weighted by Gasteiger charge is 2.27. The fourth-order valence-electron chi connectivity index (χ4n) is 3.56. The third-order valence-electron chi connectivity index (χ3n) is 4.98. The topological polar surface area (TPSA) is 72.5 Å². The van der Waals surface area contributed by atoms with Gasteiger partial charge in [-0.05, 0) is 32.8 Å². The van der Waals surface area contributed by atoms with Crippen LogP contribution in [0.5, 0.6) is 0 Å². The zero-order valence-corrected chi connectivity index (χ0v) is 15.7. The molecule has 1 aliphatic rings. The maximum Gasteiger partial charge on any atom is 0.267 e. The summed E-state index contributed by atoms with van der Waals surface area (Å²) >= 11 is 1.71. The van der Waals surface area contributed by atoms with Gasteiger partial charge in [0.2, 0.25) is 5.91 Å². The Bertz CT molecular complexity index is 1010. The monoisotopic (exact) mass is 371 g/mol. The van der Waals surface area contributed by atoms with Crippen molar-refractivity contribution in [2.45, 2.75) is 39.2 Å². The lowest BCUT2D eigenvalue weighted by Crippen LogP contribution is -2.41. The second kappa shape index (κ2) is 6.68. The highest BCUT2D eigenvalue weighted by atomic mass is 32.1. The van der Waals surface area contributed by atoms with Gasteiger partial charge in [0.25, 0.3) is 5.56 Å². The van der Waals surface area contributed by atoms with Gasteiger partial charge in [-0.1, -0.05) is 0 Å². The van der Waals surface area contributed by atoms with Crippen molar-refractivity contribution < 1.29 is 4.79 Å². The summed E-state index contributed by atoms with van der Waals surface area (Å²) in [6.45, 7) is 5.21. The molecule has 3 aromatic rings. The van der Waals surface area contributed by atoms with E-state index in [4.69, 9.17) is 4.98 Å². The van der Waals surface area contributed by atoms with Crippen LogP contribution in [0.25, 0.3) is 4.83 Å². The first kappa shape index (κ1) is 17.0. The van der Waals surface area contributed by atoms with E-state index in [0.29, 0.717) is 19.0 Å². The van der Waals surface area contributed by atoms with Crippen molar-refractivity contribution in [1.82, 2.24) is 24.1 Å². The molecule has 0 aliphatic carbocycles. The van der Waals surface area contributed by atoms with Gasteiger partial charge in [0.1, 0.15) is 17.2 Å². The lowest BCUT2D eigenvalue weighted by atomic mass is 9.94. The van der Waals surface area contributed by atoms with E-state index in [9.17, 15) is 9.59 Å². The molecule has 0 unspecified atom stereocenters. The third-order valence-corrected chi connectivity index (χ3v) is 5.86. The average Bonchev–Trinajstić information content (AvgIpc) is 3.23. The number of likely N-dealkylation sites (tertiary alicyclic amines) is 1. The number of carbonyl (C=O) groups is 1. The molecule has 3 aromatic heterocycles. The van der Waals surface area contributed by atoms with Crippen molar-refractivity contribution in [1.29, 1.82) is 0 Å². The summed E-state index contributed by atoms with van der Waals surface area (Å²) in [5.41, 5.74) is 1.64. The predicted octanol–water partition coefficient (Wildman–Crippen LogP) is 1.98. The summed E-state index contributed by atoms with van der Waals surface area (Å²) in [5, 5.41) is 6.23. The van der Waals surface area contributed by atoms with Gasteiger partial charge in [-0.15, -0.1) is 11.3 Å². The molecule has 136 valence electrons. The van der Waals surface area contributed by atoms with Gasteiger partial charge < -0.3 is 4.90 Å². The van der Waals surface area contributed by atoms with Crippen LogP contribution in [-0.2, 0) is 11.3 Å². The zero-order chi connectivity index (χ0) is 18.3. The molecule has 0 N–H and O–H groups in total. The van der Waals surface area contributed by atoms with Gasteiger partial charge in [0, 0.05) is 36.7 Å². The molecule has 4 heterocycles. The minimum absolute atomic E-state index is 0.00391. The van der Waals surface area contributed by atoms with Crippen LogP contribution in [0.15, 0.2) is 28.5 Å². The molecule has 0 spiro atoms. The molecule has 0 atom stereocenters. The number of hydrogen-bond donors (Lipinski definition) is 0. The van der Waals surface area contributed by atoms with E-state index in [1.165, 1.54) is 15.6 Å². The number of aryl methyl sites for hydroxylation is 2. The summed E-state index contributed by atoms with van der Waals surface area (Å²) < 4.78 is 3.38. The Morgan fingerprint density at radius 1 is 1.27 bits per heavy atom. The molecule has 7 nitrogen and oxygen atoms in total. The molecule has 0 saturated carbocycles. The normalized spacial score (nSPS) is 15.7. The summed E-state index contributed by atoms with van der Waals surface area (Å²) in [6.07, 6.45) is 3.84. The minimum atomic E-state index is -0.243. The highest BCUT2D eigenvalue weighted by Crippen LogP contribution is 2.32. The van der Waals surface area contributed by atoms with E-state index in [0.717, 1.165) is 30.1 Å². The lowest BCUT2D eigenvalue weighted by molar-refractivity contribution is -0.133. The van der Waals surface area contributed by atoms with Gasteiger partial charge in [-0.25, -0.2) is 9.67 Å². The molecule has 0 bridgehead atoms. The Kier molecular flexibility index (Phi) is 4.36. The number of nitrogens with zero attached hydrogens (tertiary/aromatic N) is 5. The van der Waals surface area contributed by atoms with Crippen LogP contribution in [0.2, 0.25) is 0 Å². The Morgan fingerprint density at radius 2 is 2.04 bits per heavy atom. The summed E-state index contributed by atoms with van der Waals surface area (Å²) in [5.74, 6) is 1.34. The number of thiazole rings is 1. The van der Waals surface area contributed by atoms with E-state index < -0.39 is 0 Å². The number of hydrogen-bond acceptors (Lipinski definition) is 5. The van der Waals surface area contributed by atoms with Gasteiger partial charge in [0.15, 0.2) is 0 Å². The van der Waals surface area contributed by atoms with Crippen molar-refractivity contribution in [3.8, 4) is 0 Å². The Balaban J connectivity index is 1.43. The Labute approximate surface area is 154 Å². The average molecular weight is 371 g/mol. The lowest BCUT2D eigenvalue weighted by Gasteiger charge is -2.31. The minimum Gasteiger partial charge on any atom is -0.341 e. The number of piperidine rings is 1. The molecular formula is C18H21N5O2S. The molecule has 26 heavy (non-hydrogen) atoms. The highest BCUT2D eigenvalue weighted by molar-refractivity contribution is 7.15. The second-order valence-corrected chi connectivity index (χ2v) is 7.64. The van der Waals surface area contributed by atoms with E-state index in [2.05, 4.69) is 21.1 Å². The molecule has 4 rings (SSSR count). The van der Waals surface area contributed by atoms with Gasteiger partial charge in [-0.3, -0.25) is 14.0 Å². The van der Waals surface area contributed by atoms with Crippen molar-refractivity contribution in [2.24, 2.45) is 0 Å². The third kappa shape index (κ3) is 3.05. The van der Waals surface area contributed by atoms with Crippen LogP contribution in [0.4, 0.5) is 0 Å². The van der Waals surface area contributed by atoms with Crippen LogP contribution in [-0.4, -0.2) is 43.1 Å². The van der Waals surface area contributed by atoms with E-state index in [1.54, 1.807) is 17.4 Å². The number of amides is 1. The summed E-state index contributed by atoms with van der Waals surface area (Å²) in [4.78, 5) is 32.2. The molecule has 0 aromatic carbocycles. The standard InChI is InChI=1S/C18H21N5O2S/c1-12-3-4-15(24)23(20-12)11-16(25)21-7-5-14(6-8-21)17-18-22(9-10-26-18)13(2)19-17/h3-4,9-10,14H,5-8,11H2,1-2H3. The molecule has 1 fully saturated rings. The molecule has 1 aliphatic heterocycles. The maximum atomic E-state index is 12.6. The van der Waals surface area contributed by atoms with E-state index in [1.807, 2.05) is 18.7 Å². The summed E-state index contributed by atoms with van der Waals surface area (Å²) in [7, 11) is 0. The van der Waals surface area contributed by atoms with Crippen molar-refractivity contribution in [2.75, 3.05) is 13.1 Å². The predicted molar refractivity (Wildman–Crippen MR) is 99.6 cm³/mol. The van der Waals surface area contributed by atoms with E-state index in [-0.39, 0.29) is 18.0 Å². The Hall–Kier alpha value is -2.48. The molecule has 1 amide bonds. The first-order valence-electron chi connectivity index (χ1n) is 8.77. The number of aromatic nitrogens is 4. The first-order valence-corrected chi connectivity index (χ1v) is 9.65. The number of carbonyl (C=O) groups excluding carboxylic acids is 1. The number of rotatable bonds is 3. The van der Waals surface area contributed by atoms with Crippen molar-refractivity contribution >= 4 is 22.1 Å². The number of imidazole rings is 1. The fourth-order valence-corrected chi connectivity index (χ4v) is 4.51. The largest absolute Gasteiger partial charge is 0.341 e. The van der Waals surface area contributed by atoms with Crippen LogP contribution >= 0.6 is 11.3 Å². The van der Waals surface area contributed by atoms with Crippen molar-refractivity contribution in [3.63, 3.8) is 0 Å². The van der Waals surface area contributed by atoms with Crippen LogP contribution in [0, 0.1) is 13.8 Å². The van der Waals surface area contributed by atoms with Crippen LogP contribution < -0.4 is 5.56 Å².